The number of anilines is 1. The van der Waals surface area contributed by atoms with Crippen molar-refractivity contribution in [3.05, 3.63) is 11.5 Å². The summed E-state index contributed by atoms with van der Waals surface area (Å²) in [5.74, 6) is 1.13. The molecule has 1 N–H and O–H groups in total. The number of methoxy groups -OCH3 is 2. The van der Waals surface area contributed by atoms with Crippen molar-refractivity contribution in [1.29, 1.82) is 0 Å². The smallest absolute Gasteiger partial charge is 0.198 e. The Morgan fingerprint density at radius 2 is 2.06 bits per heavy atom. The lowest BCUT2D eigenvalue weighted by Crippen LogP contribution is -2.06. The topological polar surface area (TPSA) is 56.3 Å². The van der Waals surface area contributed by atoms with E-state index in [1.54, 1.807) is 14.2 Å². The summed E-state index contributed by atoms with van der Waals surface area (Å²) in [4.78, 5) is 7.94. The molecule has 0 aromatic carbocycles. The van der Waals surface area contributed by atoms with Crippen molar-refractivity contribution in [3.8, 4) is 5.75 Å². The summed E-state index contributed by atoms with van der Waals surface area (Å²) < 4.78 is 10.1. The molecular weight excluding hydrogens is 242 g/mol. The van der Waals surface area contributed by atoms with Crippen LogP contribution in [0.25, 0.3) is 0 Å². The number of hydrogen-bond donors (Lipinski definition) is 1. The van der Waals surface area contributed by atoms with E-state index in [-0.39, 0.29) is 0 Å². The Morgan fingerprint density at radius 3 is 2.76 bits per heavy atom. The Hall–Kier alpha value is -1.07. The molecule has 0 spiro atoms. The number of ether oxygens (including phenoxy) is 2. The van der Waals surface area contributed by atoms with Crippen LogP contribution in [0.4, 0.5) is 5.82 Å². The second kappa shape index (κ2) is 8.08. The van der Waals surface area contributed by atoms with Gasteiger partial charge in [0.2, 0.25) is 0 Å². The van der Waals surface area contributed by atoms with Gasteiger partial charge in [-0.25, -0.2) is 9.97 Å². The SMILES string of the molecule is COCCCCCNc1ncnc(Cl)c1OC. The summed E-state index contributed by atoms with van der Waals surface area (Å²) in [6.45, 7) is 1.63. The molecule has 0 bridgehead atoms. The standard InChI is InChI=1S/C11H18ClN3O2/c1-16-7-5-3-4-6-13-11-9(17-2)10(12)14-8-15-11/h8H,3-7H2,1-2H3,(H,13,14,15). The number of halogens is 1. The molecule has 96 valence electrons. The highest BCUT2D eigenvalue weighted by atomic mass is 35.5. The van der Waals surface area contributed by atoms with Crippen molar-refractivity contribution in [1.82, 2.24) is 9.97 Å². The minimum absolute atomic E-state index is 0.324. The minimum atomic E-state index is 0.324. The molecule has 0 aliphatic heterocycles. The van der Waals surface area contributed by atoms with E-state index in [4.69, 9.17) is 21.1 Å². The quantitative estimate of drug-likeness (QED) is 0.574. The molecule has 0 atom stereocenters. The van der Waals surface area contributed by atoms with Gasteiger partial charge in [0.15, 0.2) is 16.7 Å². The van der Waals surface area contributed by atoms with Gasteiger partial charge in [0.05, 0.1) is 7.11 Å². The molecule has 1 heterocycles. The van der Waals surface area contributed by atoms with Gasteiger partial charge in [-0.1, -0.05) is 11.6 Å². The Balaban J connectivity index is 2.33. The van der Waals surface area contributed by atoms with Crippen LogP contribution in [0.2, 0.25) is 5.15 Å². The van der Waals surface area contributed by atoms with Crippen molar-refractivity contribution in [2.24, 2.45) is 0 Å². The van der Waals surface area contributed by atoms with Gasteiger partial charge >= 0.3 is 0 Å². The average Bonchev–Trinajstić information content (AvgIpc) is 2.34. The van der Waals surface area contributed by atoms with Gasteiger partial charge in [-0.05, 0) is 19.3 Å². The molecule has 5 nitrogen and oxygen atoms in total. The fourth-order valence-corrected chi connectivity index (χ4v) is 1.62. The predicted molar refractivity (Wildman–Crippen MR) is 67.8 cm³/mol. The summed E-state index contributed by atoms with van der Waals surface area (Å²) in [6, 6.07) is 0. The summed E-state index contributed by atoms with van der Waals surface area (Å²) in [7, 11) is 3.26. The fraction of sp³-hybridized carbons (Fsp3) is 0.636. The molecule has 0 aliphatic rings. The number of hydrogen-bond acceptors (Lipinski definition) is 5. The Morgan fingerprint density at radius 1 is 1.24 bits per heavy atom. The van der Waals surface area contributed by atoms with Crippen LogP contribution in [0, 0.1) is 0 Å². The lowest BCUT2D eigenvalue weighted by atomic mass is 10.2. The van der Waals surface area contributed by atoms with Gasteiger partial charge in [-0.15, -0.1) is 0 Å². The maximum absolute atomic E-state index is 5.88. The number of nitrogens with one attached hydrogen (secondary N) is 1. The fourth-order valence-electron chi connectivity index (χ4n) is 1.41. The molecule has 0 radical (unpaired) electrons. The normalized spacial score (nSPS) is 10.3. The third-order valence-electron chi connectivity index (χ3n) is 2.28. The van der Waals surface area contributed by atoms with Crippen molar-refractivity contribution in [3.63, 3.8) is 0 Å². The van der Waals surface area contributed by atoms with E-state index in [9.17, 15) is 0 Å². The number of rotatable bonds is 8. The zero-order chi connectivity index (χ0) is 12.5. The first-order valence-corrected chi connectivity index (χ1v) is 5.94. The highest BCUT2D eigenvalue weighted by molar-refractivity contribution is 6.31. The van der Waals surface area contributed by atoms with E-state index in [0.29, 0.717) is 16.7 Å². The van der Waals surface area contributed by atoms with Gasteiger partial charge in [0.1, 0.15) is 6.33 Å². The molecule has 1 aromatic heterocycles. The lowest BCUT2D eigenvalue weighted by Gasteiger charge is -2.10. The largest absolute Gasteiger partial charge is 0.490 e. The van der Waals surface area contributed by atoms with Crippen LogP contribution in [0.1, 0.15) is 19.3 Å². The van der Waals surface area contributed by atoms with Crippen molar-refractivity contribution < 1.29 is 9.47 Å². The zero-order valence-corrected chi connectivity index (χ0v) is 11.0. The summed E-state index contributed by atoms with van der Waals surface area (Å²) in [6.07, 6.45) is 4.65. The molecule has 0 amide bonds. The van der Waals surface area contributed by atoms with E-state index in [2.05, 4.69) is 15.3 Å². The van der Waals surface area contributed by atoms with Crippen LogP contribution in [-0.2, 0) is 4.74 Å². The first-order chi connectivity index (χ1) is 8.29. The van der Waals surface area contributed by atoms with Crippen LogP contribution in [0.15, 0.2) is 6.33 Å². The van der Waals surface area contributed by atoms with E-state index in [1.807, 2.05) is 0 Å². The Bertz CT molecular complexity index is 336. The van der Waals surface area contributed by atoms with Crippen LogP contribution < -0.4 is 10.1 Å². The highest BCUT2D eigenvalue weighted by Gasteiger charge is 2.08. The first kappa shape index (κ1) is 14.0. The summed E-state index contributed by atoms with van der Waals surface area (Å²) in [5.41, 5.74) is 0. The van der Waals surface area contributed by atoms with E-state index < -0.39 is 0 Å². The third kappa shape index (κ3) is 4.75. The molecule has 1 aromatic rings. The molecule has 0 saturated heterocycles. The number of nitrogens with zero attached hydrogens (tertiary/aromatic N) is 2. The molecule has 0 fully saturated rings. The number of aromatic nitrogens is 2. The molecule has 6 heteroatoms. The molecular formula is C11H18ClN3O2. The predicted octanol–water partition coefficient (Wildman–Crippen LogP) is 2.37. The first-order valence-electron chi connectivity index (χ1n) is 5.57. The summed E-state index contributed by atoms with van der Waals surface area (Å²) >= 11 is 5.88. The van der Waals surface area contributed by atoms with E-state index >= 15 is 0 Å². The Kier molecular flexibility index (Phi) is 6.65. The molecule has 0 aliphatic carbocycles. The van der Waals surface area contributed by atoms with E-state index in [0.717, 1.165) is 32.4 Å². The van der Waals surface area contributed by atoms with Gasteiger partial charge < -0.3 is 14.8 Å². The average molecular weight is 260 g/mol. The van der Waals surface area contributed by atoms with Crippen molar-refractivity contribution in [2.75, 3.05) is 32.7 Å². The monoisotopic (exact) mass is 259 g/mol. The minimum Gasteiger partial charge on any atom is -0.490 e. The van der Waals surface area contributed by atoms with Crippen molar-refractivity contribution in [2.45, 2.75) is 19.3 Å². The zero-order valence-electron chi connectivity index (χ0n) is 10.2. The maximum atomic E-state index is 5.88. The molecule has 1 rings (SSSR count). The van der Waals surface area contributed by atoms with Gasteiger partial charge in [0.25, 0.3) is 0 Å². The van der Waals surface area contributed by atoms with Gasteiger partial charge in [0, 0.05) is 20.3 Å². The maximum Gasteiger partial charge on any atom is 0.198 e. The molecule has 0 saturated carbocycles. The Labute approximate surface area is 107 Å². The number of unbranched alkanes of at least 4 members (excludes halogenated alkanes) is 2. The molecule has 17 heavy (non-hydrogen) atoms. The second-order valence-corrected chi connectivity index (χ2v) is 3.88. The third-order valence-corrected chi connectivity index (χ3v) is 2.55. The van der Waals surface area contributed by atoms with Gasteiger partial charge in [-0.3, -0.25) is 0 Å². The lowest BCUT2D eigenvalue weighted by molar-refractivity contribution is 0.192. The summed E-state index contributed by atoms with van der Waals surface area (Å²) in [5, 5.41) is 3.50. The van der Waals surface area contributed by atoms with E-state index in [1.165, 1.54) is 6.33 Å². The van der Waals surface area contributed by atoms with Crippen LogP contribution >= 0.6 is 11.6 Å². The second-order valence-electron chi connectivity index (χ2n) is 3.53. The van der Waals surface area contributed by atoms with Crippen LogP contribution in [0.5, 0.6) is 5.75 Å². The van der Waals surface area contributed by atoms with Crippen LogP contribution in [0.3, 0.4) is 0 Å². The van der Waals surface area contributed by atoms with Gasteiger partial charge in [-0.2, -0.15) is 0 Å². The molecule has 0 unspecified atom stereocenters. The highest BCUT2D eigenvalue weighted by Crippen LogP contribution is 2.28. The van der Waals surface area contributed by atoms with Crippen molar-refractivity contribution >= 4 is 17.4 Å². The van der Waals surface area contributed by atoms with Crippen LogP contribution in [-0.4, -0.2) is 37.3 Å².